The van der Waals surface area contributed by atoms with Crippen LogP contribution in [0.15, 0.2) is 12.4 Å². The third-order valence-electron chi connectivity index (χ3n) is 2.59. The molecule has 0 saturated heterocycles. The van der Waals surface area contributed by atoms with Gasteiger partial charge in [0.15, 0.2) is 21.3 Å². The Labute approximate surface area is 105 Å². The molecule has 0 radical (unpaired) electrons. The lowest BCUT2D eigenvalue weighted by atomic mass is 10.2. The van der Waals surface area contributed by atoms with E-state index in [2.05, 4.69) is 15.3 Å². The maximum absolute atomic E-state index is 11.5. The van der Waals surface area contributed by atoms with Gasteiger partial charge in [-0.1, -0.05) is 0 Å². The molecule has 0 aliphatic heterocycles. The average Bonchev–Trinajstić information content (AvgIpc) is 2.25. The standard InChI is InChI=1S/C10H15N3O4S/c1-10(2,18(3,16)17)6-13-8-7(9(14)15)11-4-5-12-8/h4-5H,6H2,1-3H3,(H,12,13)(H,14,15). The van der Waals surface area contributed by atoms with Crippen LogP contribution >= 0.6 is 0 Å². The van der Waals surface area contributed by atoms with Crippen LogP contribution in [0.1, 0.15) is 24.3 Å². The van der Waals surface area contributed by atoms with Gasteiger partial charge in [0.2, 0.25) is 0 Å². The zero-order chi connectivity index (χ0) is 14.0. The Morgan fingerprint density at radius 3 is 2.44 bits per heavy atom. The molecule has 2 N–H and O–H groups in total. The second kappa shape index (κ2) is 4.89. The maximum Gasteiger partial charge on any atom is 0.358 e. The fourth-order valence-electron chi connectivity index (χ4n) is 1.05. The summed E-state index contributed by atoms with van der Waals surface area (Å²) >= 11 is 0. The number of nitrogens with one attached hydrogen (secondary N) is 1. The van der Waals surface area contributed by atoms with Crippen molar-refractivity contribution >= 4 is 21.6 Å². The summed E-state index contributed by atoms with van der Waals surface area (Å²) < 4.78 is 22.0. The summed E-state index contributed by atoms with van der Waals surface area (Å²) in [6.07, 6.45) is 3.72. The molecule has 1 rings (SSSR count). The van der Waals surface area contributed by atoms with E-state index in [1.165, 1.54) is 12.4 Å². The molecule has 1 aromatic rings. The van der Waals surface area contributed by atoms with E-state index in [0.717, 1.165) is 6.26 Å². The predicted molar refractivity (Wildman–Crippen MR) is 66.4 cm³/mol. The molecule has 7 nitrogen and oxygen atoms in total. The Bertz CT molecular complexity index is 554. The highest BCUT2D eigenvalue weighted by atomic mass is 32.2. The third-order valence-corrected chi connectivity index (χ3v) is 4.74. The van der Waals surface area contributed by atoms with Gasteiger partial charge >= 0.3 is 5.97 Å². The van der Waals surface area contributed by atoms with E-state index < -0.39 is 20.6 Å². The number of sulfone groups is 1. The first-order chi connectivity index (χ1) is 8.15. The van der Waals surface area contributed by atoms with Gasteiger partial charge in [0.25, 0.3) is 0 Å². The Morgan fingerprint density at radius 2 is 1.94 bits per heavy atom. The molecule has 8 heteroatoms. The van der Waals surface area contributed by atoms with Crippen molar-refractivity contribution in [2.45, 2.75) is 18.6 Å². The summed E-state index contributed by atoms with van der Waals surface area (Å²) in [5.41, 5.74) is -0.234. The summed E-state index contributed by atoms with van der Waals surface area (Å²) in [7, 11) is -3.26. The van der Waals surface area contributed by atoms with Gasteiger partial charge in [-0.2, -0.15) is 0 Å². The number of carboxylic acids is 1. The Balaban J connectivity index is 2.91. The first-order valence-corrected chi connectivity index (χ1v) is 7.02. The van der Waals surface area contributed by atoms with Crippen LogP contribution < -0.4 is 5.32 Å². The maximum atomic E-state index is 11.5. The number of carboxylic acid groups (broad SMARTS) is 1. The molecular weight excluding hydrogens is 258 g/mol. The highest BCUT2D eigenvalue weighted by molar-refractivity contribution is 7.92. The molecule has 0 unspecified atom stereocenters. The van der Waals surface area contributed by atoms with Gasteiger partial charge in [0.1, 0.15) is 0 Å². The molecule has 0 aliphatic rings. The number of rotatable bonds is 5. The number of nitrogens with zero attached hydrogens (tertiary/aromatic N) is 2. The zero-order valence-corrected chi connectivity index (χ0v) is 11.2. The van der Waals surface area contributed by atoms with Crippen molar-refractivity contribution in [2.75, 3.05) is 18.1 Å². The molecule has 0 amide bonds. The molecule has 0 aliphatic carbocycles. The molecule has 100 valence electrons. The van der Waals surface area contributed by atoms with E-state index in [-0.39, 0.29) is 18.1 Å². The number of aromatic nitrogens is 2. The van der Waals surface area contributed by atoms with Gasteiger partial charge in [0.05, 0.1) is 4.75 Å². The van der Waals surface area contributed by atoms with Crippen LogP contribution in [0, 0.1) is 0 Å². The van der Waals surface area contributed by atoms with Crippen LogP contribution in [0.25, 0.3) is 0 Å². The predicted octanol–water partition coefficient (Wildman–Crippen LogP) is 0.410. The van der Waals surface area contributed by atoms with Crippen molar-refractivity contribution < 1.29 is 18.3 Å². The quantitative estimate of drug-likeness (QED) is 0.799. The van der Waals surface area contributed by atoms with Gasteiger partial charge in [-0.25, -0.2) is 23.2 Å². The molecule has 0 bridgehead atoms. The minimum atomic E-state index is -3.26. The van der Waals surface area contributed by atoms with Crippen LogP contribution in [-0.2, 0) is 9.84 Å². The summed E-state index contributed by atoms with van der Waals surface area (Å²) in [4.78, 5) is 18.4. The highest BCUT2D eigenvalue weighted by Gasteiger charge is 2.30. The van der Waals surface area contributed by atoms with Crippen molar-refractivity contribution in [2.24, 2.45) is 0 Å². The minimum absolute atomic E-state index is 0.0464. The first-order valence-electron chi connectivity index (χ1n) is 5.13. The largest absolute Gasteiger partial charge is 0.476 e. The number of hydrogen-bond donors (Lipinski definition) is 2. The summed E-state index contributed by atoms with van der Waals surface area (Å²) in [6, 6.07) is 0. The number of carbonyl (C=O) groups is 1. The van der Waals surface area contributed by atoms with Crippen LogP contribution in [-0.4, -0.2) is 47.0 Å². The lowest BCUT2D eigenvalue weighted by Gasteiger charge is -2.23. The van der Waals surface area contributed by atoms with Gasteiger partial charge in [-0.3, -0.25) is 0 Å². The van der Waals surface area contributed by atoms with Crippen LogP contribution in [0.3, 0.4) is 0 Å². The molecule has 1 heterocycles. The summed E-state index contributed by atoms with van der Waals surface area (Å²) in [5, 5.41) is 11.6. The van der Waals surface area contributed by atoms with Gasteiger partial charge in [-0.15, -0.1) is 0 Å². The van der Waals surface area contributed by atoms with Crippen molar-refractivity contribution in [3.63, 3.8) is 0 Å². The number of aromatic carboxylic acids is 1. The van der Waals surface area contributed by atoms with E-state index in [0.29, 0.717) is 0 Å². The van der Waals surface area contributed by atoms with E-state index in [1.807, 2.05) is 0 Å². The summed E-state index contributed by atoms with van der Waals surface area (Å²) in [6.45, 7) is 3.14. The normalized spacial score (nSPS) is 12.2. The molecule has 0 saturated carbocycles. The van der Waals surface area contributed by atoms with Crippen molar-refractivity contribution in [1.29, 1.82) is 0 Å². The average molecular weight is 273 g/mol. The highest BCUT2D eigenvalue weighted by Crippen LogP contribution is 2.17. The second-order valence-corrected chi connectivity index (χ2v) is 7.09. The lowest BCUT2D eigenvalue weighted by molar-refractivity contribution is 0.0691. The molecular formula is C10H15N3O4S. The topological polar surface area (TPSA) is 109 Å². The Hall–Kier alpha value is -1.70. The lowest BCUT2D eigenvalue weighted by Crippen LogP contribution is -2.38. The molecule has 0 aromatic carbocycles. The van der Waals surface area contributed by atoms with Crippen molar-refractivity contribution in [3.05, 3.63) is 18.1 Å². The van der Waals surface area contributed by atoms with Crippen LogP contribution in [0.5, 0.6) is 0 Å². The van der Waals surface area contributed by atoms with Crippen LogP contribution in [0.2, 0.25) is 0 Å². The molecule has 0 spiro atoms. The van der Waals surface area contributed by atoms with Gasteiger partial charge in [0, 0.05) is 25.2 Å². The van der Waals surface area contributed by atoms with Gasteiger partial charge in [-0.05, 0) is 13.8 Å². The van der Waals surface area contributed by atoms with E-state index >= 15 is 0 Å². The number of hydrogen-bond acceptors (Lipinski definition) is 6. The minimum Gasteiger partial charge on any atom is -0.476 e. The van der Waals surface area contributed by atoms with Crippen molar-refractivity contribution in [1.82, 2.24) is 9.97 Å². The number of anilines is 1. The summed E-state index contributed by atoms with van der Waals surface area (Å²) in [5.74, 6) is -1.16. The smallest absolute Gasteiger partial charge is 0.358 e. The molecule has 0 fully saturated rings. The fraction of sp³-hybridized carbons (Fsp3) is 0.500. The van der Waals surface area contributed by atoms with E-state index in [4.69, 9.17) is 5.11 Å². The Kier molecular flexibility index (Phi) is 3.90. The Morgan fingerprint density at radius 1 is 1.39 bits per heavy atom. The zero-order valence-electron chi connectivity index (χ0n) is 10.3. The first kappa shape index (κ1) is 14.4. The fourth-order valence-corrected chi connectivity index (χ4v) is 1.39. The molecule has 18 heavy (non-hydrogen) atoms. The van der Waals surface area contributed by atoms with Crippen molar-refractivity contribution in [3.8, 4) is 0 Å². The SMILES string of the molecule is CC(C)(CNc1nccnc1C(=O)O)S(C)(=O)=O. The van der Waals surface area contributed by atoms with Crippen LogP contribution in [0.4, 0.5) is 5.82 Å². The monoisotopic (exact) mass is 273 g/mol. The van der Waals surface area contributed by atoms with Gasteiger partial charge < -0.3 is 10.4 Å². The molecule has 0 atom stereocenters. The van der Waals surface area contributed by atoms with E-state index in [9.17, 15) is 13.2 Å². The van der Waals surface area contributed by atoms with E-state index in [1.54, 1.807) is 13.8 Å². The molecule has 1 aromatic heterocycles. The second-order valence-electron chi connectivity index (χ2n) is 4.44. The third kappa shape index (κ3) is 3.16.